The zero-order valence-electron chi connectivity index (χ0n) is 13.7. The van der Waals surface area contributed by atoms with E-state index in [-0.39, 0.29) is 17.7 Å². The second-order valence-corrected chi connectivity index (χ2v) is 6.47. The Bertz CT molecular complexity index is 716. The van der Waals surface area contributed by atoms with Crippen LogP contribution in [0.2, 0.25) is 0 Å². The summed E-state index contributed by atoms with van der Waals surface area (Å²) in [4.78, 5) is 13.6. The molecule has 1 fully saturated rings. The number of carboxylic acid groups (broad SMARTS) is 1. The highest BCUT2D eigenvalue weighted by molar-refractivity contribution is 5.71. The molecule has 2 N–H and O–H groups in total. The van der Waals surface area contributed by atoms with E-state index >= 15 is 0 Å². The van der Waals surface area contributed by atoms with Crippen LogP contribution in [0.4, 0.5) is 4.39 Å². The number of halogens is 1. The van der Waals surface area contributed by atoms with Gasteiger partial charge in [0.1, 0.15) is 5.82 Å². The summed E-state index contributed by atoms with van der Waals surface area (Å²) in [5.74, 6) is -1.12. The molecule has 1 aliphatic rings. The standard InChI is InChI=1S/C18H22FN3O2/c1-2-4-13-9-22(11-16(13)18(23)24)10-14-8-20-21-17(14)12-5-3-6-15(19)7-12/h3,5-8,13,16H,2,4,9-11H2,1H3,(H,20,21)(H,23,24)/t13-,16-/m1/s1. The van der Waals surface area contributed by atoms with E-state index in [0.29, 0.717) is 13.1 Å². The predicted molar refractivity (Wildman–Crippen MR) is 88.8 cm³/mol. The van der Waals surface area contributed by atoms with Crippen LogP contribution in [0.15, 0.2) is 30.5 Å². The number of rotatable bonds is 6. The third-order valence-corrected chi connectivity index (χ3v) is 4.72. The van der Waals surface area contributed by atoms with Gasteiger partial charge in [0, 0.05) is 30.8 Å². The van der Waals surface area contributed by atoms with Gasteiger partial charge >= 0.3 is 5.97 Å². The van der Waals surface area contributed by atoms with Crippen LogP contribution in [0, 0.1) is 17.7 Å². The molecule has 0 unspecified atom stereocenters. The number of likely N-dealkylation sites (tertiary alicyclic amines) is 1. The van der Waals surface area contributed by atoms with Crippen LogP contribution in [0.25, 0.3) is 11.3 Å². The fourth-order valence-electron chi connectivity index (χ4n) is 3.60. The third kappa shape index (κ3) is 3.48. The van der Waals surface area contributed by atoms with E-state index in [9.17, 15) is 14.3 Å². The summed E-state index contributed by atoms with van der Waals surface area (Å²) < 4.78 is 13.5. The first-order valence-corrected chi connectivity index (χ1v) is 8.31. The van der Waals surface area contributed by atoms with Crippen molar-refractivity contribution in [2.45, 2.75) is 26.3 Å². The fraction of sp³-hybridized carbons (Fsp3) is 0.444. The van der Waals surface area contributed by atoms with Crippen molar-refractivity contribution in [2.75, 3.05) is 13.1 Å². The number of carboxylic acids is 1. The molecule has 5 nitrogen and oxygen atoms in total. The number of aromatic amines is 1. The highest BCUT2D eigenvalue weighted by Crippen LogP contribution is 2.30. The number of aromatic nitrogens is 2. The molecule has 0 saturated carbocycles. The smallest absolute Gasteiger partial charge is 0.308 e. The van der Waals surface area contributed by atoms with Gasteiger partial charge in [-0.2, -0.15) is 5.10 Å². The minimum atomic E-state index is -0.714. The lowest BCUT2D eigenvalue weighted by atomic mass is 9.92. The van der Waals surface area contributed by atoms with Crippen LogP contribution in [0.5, 0.6) is 0 Å². The first kappa shape index (κ1) is 16.6. The summed E-state index contributed by atoms with van der Waals surface area (Å²) in [5, 5.41) is 16.5. The molecule has 0 bridgehead atoms. The Morgan fingerprint density at radius 3 is 3.00 bits per heavy atom. The maximum Gasteiger partial charge on any atom is 0.308 e. The van der Waals surface area contributed by atoms with Gasteiger partial charge in [0.05, 0.1) is 17.8 Å². The lowest BCUT2D eigenvalue weighted by Crippen LogP contribution is -2.23. The zero-order chi connectivity index (χ0) is 17.1. The molecule has 1 saturated heterocycles. The summed E-state index contributed by atoms with van der Waals surface area (Å²) in [6, 6.07) is 6.39. The normalized spacial score (nSPS) is 21.2. The molecule has 3 rings (SSSR count). The molecule has 0 radical (unpaired) electrons. The quantitative estimate of drug-likeness (QED) is 0.853. The summed E-state index contributed by atoms with van der Waals surface area (Å²) in [5.41, 5.74) is 2.50. The van der Waals surface area contributed by atoms with Gasteiger partial charge in [0.25, 0.3) is 0 Å². The first-order valence-electron chi connectivity index (χ1n) is 8.31. The Morgan fingerprint density at radius 1 is 1.46 bits per heavy atom. The van der Waals surface area contributed by atoms with E-state index in [1.807, 2.05) is 6.07 Å². The van der Waals surface area contributed by atoms with Crippen molar-refractivity contribution in [3.8, 4) is 11.3 Å². The molecule has 0 aliphatic carbocycles. The van der Waals surface area contributed by atoms with Crippen molar-refractivity contribution >= 4 is 5.97 Å². The number of aliphatic carboxylic acids is 1. The largest absolute Gasteiger partial charge is 0.481 e. The van der Waals surface area contributed by atoms with Crippen molar-refractivity contribution in [3.05, 3.63) is 41.8 Å². The van der Waals surface area contributed by atoms with Crippen LogP contribution in [-0.2, 0) is 11.3 Å². The molecule has 1 aromatic heterocycles. The minimum absolute atomic E-state index is 0.192. The van der Waals surface area contributed by atoms with E-state index in [0.717, 1.165) is 36.2 Å². The third-order valence-electron chi connectivity index (χ3n) is 4.72. The minimum Gasteiger partial charge on any atom is -0.481 e. The Morgan fingerprint density at radius 2 is 2.29 bits per heavy atom. The molecule has 0 spiro atoms. The predicted octanol–water partition coefficient (Wildman–Crippen LogP) is 3.15. The van der Waals surface area contributed by atoms with Crippen molar-refractivity contribution in [1.29, 1.82) is 0 Å². The summed E-state index contributed by atoms with van der Waals surface area (Å²) in [6.45, 7) is 4.03. The Balaban J connectivity index is 1.76. The second-order valence-electron chi connectivity index (χ2n) is 6.47. The van der Waals surface area contributed by atoms with Gasteiger partial charge in [0.15, 0.2) is 0 Å². The van der Waals surface area contributed by atoms with Crippen LogP contribution in [-0.4, -0.2) is 39.3 Å². The van der Waals surface area contributed by atoms with E-state index in [2.05, 4.69) is 22.0 Å². The molecule has 2 aromatic rings. The maximum atomic E-state index is 13.5. The molecule has 1 aromatic carbocycles. The fourth-order valence-corrected chi connectivity index (χ4v) is 3.60. The van der Waals surface area contributed by atoms with Crippen LogP contribution >= 0.6 is 0 Å². The molecule has 24 heavy (non-hydrogen) atoms. The number of nitrogens with zero attached hydrogens (tertiary/aromatic N) is 2. The SMILES string of the molecule is CCC[C@@H]1CN(Cc2cn[nH]c2-c2cccc(F)c2)C[C@H]1C(=O)O. The number of hydrogen-bond donors (Lipinski definition) is 2. The number of carbonyl (C=O) groups is 1. The Kier molecular flexibility index (Phi) is 4.94. The van der Waals surface area contributed by atoms with Gasteiger partial charge in [-0.1, -0.05) is 25.5 Å². The molecule has 2 heterocycles. The van der Waals surface area contributed by atoms with E-state index in [1.165, 1.54) is 12.1 Å². The van der Waals surface area contributed by atoms with E-state index in [1.54, 1.807) is 12.3 Å². The lowest BCUT2D eigenvalue weighted by Gasteiger charge is -2.15. The lowest BCUT2D eigenvalue weighted by molar-refractivity contribution is -0.142. The second kappa shape index (κ2) is 7.13. The van der Waals surface area contributed by atoms with E-state index in [4.69, 9.17) is 0 Å². The molecule has 128 valence electrons. The van der Waals surface area contributed by atoms with Gasteiger partial charge in [-0.15, -0.1) is 0 Å². The Labute approximate surface area is 140 Å². The van der Waals surface area contributed by atoms with Gasteiger partial charge in [-0.05, 0) is 24.5 Å². The summed E-state index contributed by atoms with van der Waals surface area (Å²) in [6.07, 6.45) is 3.65. The van der Waals surface area contributed by atoms with Crippen LogP contribution in [0.1, 0.15) is 25.3 Å². The van der Waals surface area contributed by atoms with Crippen molar-refractivity contribution in [3.63, 3.8) is 0 Å². The van der Waals surface area contributed by atoms with Gasteiger partial charge in [0.2, 0.25) is 0 Å². The van der Waals surface area contributed by atoms with Gasteiger partial charge in [-0.3, -0.25) is 14.8 Å². The zero-order valence-corrected chi connectivity index (χ0v) is 13.7. The topological polar surface area (TPSA) is 69.2 Å². The summed E-state index contributed by atoms with van der Waals surface area (Å²) >= 11 is 0. The number of nitrogens with one attached hydrogen (secondary N) is 1. The molecular weight excluding hydrogens is 309 g/mol. The maximum absolute atomic E-state index is 13.5. The molecule has 2 atom stereocenters. The van der Waals surface area contributed by atoms with Crippen molar-refractivity contribution < 1.29 is 14.3 Å². The van der Waals surface area contributed by atoms with Gasteiger partial charge < -0.3 is 5.11 Å². The average molecular weight is 331 g/mol. The average Bonchev–Trinajstić information content (AvgIpc) is 3.15. The van der Waals surface area contributed by atoms with Crippen molar-refractivity contribution in [2.24, 2.45) is 11.8 Å². The van der Waals surface area contributed by atoms with Crippen molar-refractivity contribution in [1.82, 2.24) is 15.1 Å². The highest BCUT2D eigenvalue weighted by atomic mass is 19.1. The monoisotopic (exact) mass is 331 g/mol. The van der Waals surface area contributed by atoms with Gasteiger partial charge in [-0.25, -0.2) is 4.39 Å². The number of benzene rings is 1. The highest BCUT2D eigenvalue weighted by Gasteiger charge is 2.37. The number of hydrogen-bond acceptors (Lipinski definition) is 3. The first-order chi connectivity index (χ1) is 11.6. The number of H-pyrrole nitrogens is 1. The molecule has 0 amide bonds. The molecule has 1 aliphatic heterocycles. The van der Waals surface area contributed by atoms with Crippen LogP contribution in [0.3, 0.4) is 0 Å². The molecular formula is C18H22FN3O2. The molecule has 6 heteroatoms. The summed E-state index contributed by atoms with van der Waals surface area (Å²) in [7, 11) is 0. The van der Waals surface area contributed by atoms with E-state index < -0.39 is 5.97 Å². The Hall–Kier alpha value is -2.21. The van der Waals surface area contributed by atoms with Crippen LogP contribution < -0.4 is 0 Å².